The SMILES string of the molecule is C=C1NC(N)=NC1(c1ccccc1)c1ccccc1. The topological polar surface area (TPSA) is 50.4 Å². The molecule has 0 aromatic heterocycles. The first-order valence-corrected chi connectivity index (χ1v) is 6.16. The molecule has 2 aromatic rings. The number of benzene rings is 2. The molecular formula is C16H15N3. The fourth-order valence-electron chi connectivity index (χ4n) is 2.52. The number of nitrogens with two attached hydrogens (primary N) is 1. The number of guanidine groups is 1. The first kappa shape index (κ1) is 11.5. The fraction of sp³-hybridized carbons (Fsp3) is 0.0625. The average molecular weight is 249 g/mol. The van der Waals surface area contributed by atoms with Crippen molar-refractivity contribution in [1.29, 1.82) is 0 Å². The lowest BCUT2D eigenvalue weighted by molar-refractivity contribution is 0.652. The van der Waals surface area contributed by atoms with Crippen LogP contribution in [0.1, 0.15) is 11.1 Å². The molecule has 1 aliphatic rings. The summed E-state index contributed by atoms with van der Waals surface area (Å²) in [4.78, 5) is 4.63. The number of hydrogen-bond acceptors (Lipinski definition) is 3. The highest BCUT2D eigenvalue weighted by atomic mass is 15.2. The smallest absolute Gasteiger partial charge is 0.194 e. The van der Waals surface area contributed by atoms with Crippen molar-refractivity contribution in [3.8, 4) is 0 Å². The normalized spacial score (nSPS) is 16.8. The quantitative estimate of drug-likeness (QED) is 0.858. The molecule has 0 aliphatic carbocycles. The third-order valence-electron chi connectivity index (χ3n) is 3.39. The molecular weight excluding hydrogens is 234 g/mol. The van der Waals surface area contributed by atoms with Crippen molar-refractivity contribution >= 4 is 5.96 Å². The molecule has 0 unspecified atom stereocenters. The zero-order chi connectivity index (χ0) is 13.3. The van der Waals surface area contributed by atoms with E-state index in [1.165, 1.54) is 0 Å². The van der Waals surface area contributed by atoms with E-state index in [9.17, 15) is 0 Å². The van der Waals surface area contributed by atoms with E-state index >= 15 is 0 Å². The molecule has 0 amide bonds. The van der Waals surface area contributed by atoms with Crippen LogP contribution in [0.25, 0.3) is 0 Å². The maximum atomic E-state index is 5.85. The van der Waals surface area contributed by atoms with Crippen molar-refractivity contribution in [1.82, 2.24) is 5.32 Å². The van der Waals surface area contributed by atoms with Crippen molar-refractivity contribution in [2.45, 2.75) is 5.54 Å². The highest BCUT2D eigenvalue weighted by Crippen LogP contribution is 2.41. The van der Waals surface area contributed by atoms with Gasteiger partial charge in [-0.25, -0.2) is 4.99 Å². The molecule has 0 saturated carbocycles. The summed E-state index contributed by atoms with van der Waals surface area (Å²) in [6, 6.07) is 20.1. The fourth-order valence-corrected chi connectivity index (χ4v) is 2.52. The second-order valence-electron chi connectivity index (χ2n) is 4.54. The molecule has 1 heterocycles. The lowest BCUT2D eigenvalue weighted by Crippen LogP contribution is -2.30. The Morgan fingerprint density at radius 1 is 0.895 bits per heavy atom. The Kier molecular flexibility index (Phi) is 2.60. The monoisotopic (exact) mass is 249 g/mol. The second-order valence-corrected chi connectivity index (χ2v) is 4.54. The van der Waals surface area contributed by atoms with Crippen LogP contribution in [0.5, 0.6) is 0 Å². The van der Waals surface area contributed by atoms with Gasteiger partial charge in [-0.05, 0) is 11.1 Å². The Morgan fingerprint density at radius 3 is 1.74 bits per heavy atom. The minimum absolute atomic E-state index is 0.401. The molecule has 0 atom stereocenters. The summed E-state index contributed by atoms with van der Waals surface area (Å²) >= 11 is 0. The Balaban J connectivity index is 2.26. The summed E-state index contributed by atoms with van der Waals surface area (Å²) in [6.07, 6.45) is 0. The predicted octanol–water partition coefficient (Wildman–Crippen LogP) is 2.36. The van der Waals surface area contributed by atoms with E-state index in [2.05, 4.69) is 16.9 Å². The van der Waals surface area contributed by atoms with Gasteiger partial charge in [-0.3, -0.25) is 0 Å². The number of rotatable bonds is 2. The Labute approximate surface area is 112 Å². The highest BCUT2D eigenvalue weighted by molar-refractivity contribution is 5.85. The van der Waals surface area contributed by atoms with E-state index < -0.39 is 5.54 Å². The molecule has 3 rings (SSSR count). The molecule has 0 bridgehead atoms. The van der Waals surface area contributed by atoms with Crippen molar-refractivity contribution in [2.75, 3.05) is 0 Å². The van der Waals surface area contributed by atoms with Crippen molar-refractivity contribution in [3.05, 3.63) is 84.1 Å². The van der Waals surface area contributed by atoms with Crippen LogP contribution in [-0.4, -0.2) is 5.96 Å². The zero-order valence-corrected chi connectivity index (χ0v) is 10.5. The van der Waals surface area contributed by atoms with Crippen molar-refractivity contribution in [2.24, 2.45) is 10.7 Å². The number of aliphatic imine (C=N–C) groups is 1. The summed E-state index contributed by atoms with van der Waals surface area (Å²) < 4.78 is 0. The molecule has 3 N–H and O–H groups in total. The summed E-state index contributed by atoms with van der Waals surface area (Å²) in [5, 5.41) is 3.04. The summed E-state index contributed by atoms with van der Waals surface area (Å²) in [7, 11) is 0. The van der Waals surface area contributed by atoms with Gasteiger partial charge in [0.2, 0.25) is 0 Å². The van der Waals surface area contributed by atoms with Gasteiger partial charge in [0.25, 0.3) is 0 Å². The van der Waals surface area contributed by atoms with Crippen LogP contribution in [0.3, 0.4) is 0 Å². The molecule has 2 aromatic carbocycles. The number of nitrogens with zero attached hydrogens (tertiary/aromatic N) is 1. The summed E-state index contributed by atoms with van der Waals surface area (Å²) in [5.74, 6) is 0.401. The first-order valence-electron chi connectivity index (χ1n) is 6.16. The first-order chi connectivity index (χ1) is 9.23. The minimum atomic E-state index is -0.632. The van der Waals surface area contributed by atoms with E-state index in [1.807, 2.05) is 60.7 Å². The number of hydrogen-bond donors (Lipinski definition) is 2. The van der Waals surface area contributed by atoms with Gasteiger partial charge >= 0.3 is 0 Å². The molecule has 0 fully saturated rings. The summed E-state index contributed by atoms with van der Waals surface area (Å²) in [5.41, 5.74) is 8.11. The molecule has 1 aliphatic heterocycles. The van der Waals surface area contributed by atoms with E-state index in [-0.39, 0.29) is 0 Å². The van der Waals surface area contributed by atoms with Gasteiger partial charge in [-0.1, -0.05) is 67.2 Å². The van der Waals surface area contributed by atoms with E-state index in [1.54, 1.807) is 0 Å². The second kappa shape index (κ2) is 4.28. The standard InChI is InChI=1S/C16H15N3/c1-12-16(19-15(17)18-12,13-8-4-2-5-9-13)14-10-6-3-7-11-14/h2-11H,1H2,(H3,17,18,19). The third-order valence-corrected chi connectivity index (χ3v) is 3.39. The molecule has 19 heavy (non-hydrogen) atoms. The Bertz CT molecular complexity index is 590. The Hall–Kier alpha value is -2.55. The maximum Gasteiger partial charge on any atom is 0.194 e. The third kappa shape index (κ3) is 1.71. The molecule has 0 spiro atoms. The molecule has 3 nitrogen and oxygen atoms in total. The van der Waals surface area contributed by atoms with Crippen molar-refractivity contribution in [3.63, 3.8) is 0 Å². The van der Waals surface area contributed by atoms with Gasteiger partial charge in [0.1, 0.15) is 0 Å². The van der Waals surface area contributed by atoms with Gasteiger partial charge in [0, 0.05) is 5.70 Å². The highest BCUT2D eigenvalue weighted by Gasteiger charge is 2.41. The zero-order valence-electron chi connectivity index (χ0n) is 10.5. The molecule has 0 saturated heterocycles. The van der Waals surface area contributed by atoms with Gasteiger partial charge in [0.05, 0.1) is 0 Å². The maximum absolute atomic E-state index is 5.85. The van der Waals surface area contributed by atoms with E-state index in [0.717, 1.165) is 16.8 Å². The van der Waals surface area contributed by atoms with Crippen LogP contribution in [0.2, 0.25) is 0 Å². The van der Waals surface area contributed by atoms with Crippen LogP contribution >= 0.6 is 0 Å². The Morgan fingerprint density at radius 2 is 1.37 bits per heavy atom. The van der Waals surface area contributed by atoms with Crippen LogP contribution in [0.4, 0.5) is 0 Å². The van der Waals surface area contributed by atoms with Gasteiger partial charge in [0.15, 0.2) is 11.5 Å². The number of nitrogens with one attached hydrogen (secondary N) is 1. The van der Waals surface area contributed by atoms with Gasteiger partial charge < -0.3 is 11.1 Å². The van der Waals surface area contributed by atoms with Crippen LogP contribution in [0.15, 0.2) is 77.9 Å². The lowest BCUT2D eigenvalue weighted by atomic mass is 9.81. The minimum Gasteiger partial charge on any atom is -0.370 e. The van der Waals surface area contributed by atoms with Crippen LogP contribution < -0.4 is 11.1 Å². The van der Waals surface area contributed by atoms with Crippen molar-refractivity contribution < 1.29 is 0 Å². The van der Waals surface area contributed by atoms with E-state index in [0.29, 0.717) is 5.96 Å². The molecule has 0 radical (unpaired) electrons. The summed E-state index contributed by atoms with van der Waals surface area (Å²) in [6.45, 7) is 4.11. The molecule has 3 heteroatoms. The van der Waals surface area contributed by atoms with Crippen LogP contribution in [0, 0.1) is 0 Å². The van der Waals surface area contributed by atoms with Gasteiger partial charge in [-0.15, -0.1) is 0 Å². The van der Waals surface area contributed by atoms with Gasteiger partial charge in [-0.2, -0.15) is 0 Å². The molecule has 94 valence electrons. The lowest BCUT2D eigenvalue weighted by Gasteiger charge is -2.27. The average Bonchev–Trinajstić information content (AvgIpc) is 2.76. The van der Waals surface area contributed by atoms with E-state index in [4.69, 9.17) is 5.73 Å². The predicted molar refractivity (Wildman–Crippen MR) is 77.6 cm³/mol. The largest absolute Gasteiger partial charge is 0.370 e. The van der Waals surface area contributed by atoms with Crippen LogP contribution in [-0.2, 0) is 5.54 Å².